The Balaban J connectivity index is 1.77. The second kappa shape index (κ2) is 4.25. The molecule has 0 fully saturated rings. The summed E-state index contributed by atoms with van der Waals surface area (Å²) >= 11 is 0. The highest BCUT2D eigenvalue weighted by molar-refractivity contribution is 5.88. The van der Waals surface area contributed by atoms with Crippen molar-refractivity contribution in [1.82, 2.24) is 0 Å². The Hall–Kier alpha value is -2.03. The van der Waals surface area contributed by atoms with E-state index in [9.17, 15) is 9.90 Å². The van der Waals surface area contributed by atoms with E-state index in [-0.39, 0.29) is 0 Å². The van der Waals surface area contributed by atoms with Crippen molar-refractivity contribution in [3.63, 3.8) is 0 Å². The average Bonchev–Trinajstić information content (AvgIpc) is 3.15. The number of carboxylic acids is 1. The highest BCUT2D eigenvalue weighted by Crippen LogP contribution is 2.53. The van der Waals surface area contributed by atoms with Crippen LogP contribution in [0.2, 0.25) is 0 Å². The molecule has 0 aromatic heterocycles. The molecule has 0 saturated carbocycles. The predicted molar refractivity (Wildman–Crippen MR) is 83.0 cm³/mol. The van der Waals surface area contributed by atoms with Crippen molar-refractivity contribution >= 4 is 11.7 Å². The molecule has 0 bridgehead atoms. The van der Waals surface area contributed by atoms with Crippen LogP contribution in [0.4, 0.5) is 5.69 Å². The first kappa shape index (κ1) is 12.5. The Morgan fingerprint density at radius 2 is 1.55 bits per heavy atom. The third-order valence-electron chi connectivity index (χ3n) is 5.93. The molecule has 2 heterocycles. The molecule has 0 unspecified atom stereocenters. The SMILES string of the molecule is O=C([O-])c1cc2c3c(c1)[C@@H]1C=CC[C@@H]1CN3C[C@H]1CC=C[C@H]21. The Morgan fingerprint density at radius 1 is 1.00 bits per heavy atom. The molecule has 0 N–H and O–H groups in total. The van der Waals surface area contributed by atoms with Gasteiger partial charge in [-0.15, -0.1) is 0 Å². The van der Waals surface area contributed by atoms with Gasteiger partial charge >= 0.3 is 0 Å². The third-order valence-corrected chi connectivity index (χ3v) is 5.93. The molecule has 3 nitrogen and oxygen atoms in total. The monoisotopic (exact) mass is 292 g/mol. The zero-order valence-corrected chi connectivity index (χ0v) is 12.4. The molecule has 0 amide bonds. The van der Waals surface area contributed by atoms with Gasteiger partial charge in [0, 0.05) is 30.6 Å². The van der Waals surface area contributed by atoms with Crippen molar-refractivity contribution < 1.29 is 9.90 Å². The van der Waals surface area contributed by atoms with Gasteiger partial charge in [-0.2, -0.15) is 0 Å². The van der Waals surface area contributed by atoms with Crippen molar-refractivity contribution in [2.24, 2.45) is 11.8 Å². The number of rotatable bonds is 1. The lowest BCUT2D eigenvalue weighted by Gasteiger charge is -2.46. The zero-order chi connectivity index (χ0) is 14.8. The molecule has 2 aliphatic heterocycles. The minimum absolute atomic E-state index is 0.343. The Bertz CT molecular complexity index is 682. The van der Waals surface area contributed by atoms with Crippen LogP contribution < -0.4 is 10.0 Å². The number of aromatic carboxylic acids is 1. The van der Waals surface area contributed by atoms with Gasteiger partial charge in [-0.05, 0) is 53.5 Å². The molecule has 0 saturated heterocycles. The number of carbonyl (C=O) groups excluding carboxylic acids is 1. The molecule has 1 aromatic carbocycles. The fourth-order valence-corrected chi connectivity index (χ4v) is 4.99. The van der Waals surface area contributed by atoms with Crippen molar-refractivity contribution in [3.8, 4) is 0 Å². The number of benzene rings is 1. The smallest absolute Gasteiger partial charge is 0.0715 e. The van der Waals surface area contributed by atoms with E-state index in [0.717, 1.165) is 25.9 Å². The lowest BCUT2D eigenvalue weighted by Crippen LogP contribution is -2.44. The zero-order valence-electron chi connectivity index (χ0n) is 12.4. The first-order chi connectivity index (χ1) is 10.7. The van der Waals surface area contributed by atoms with Crippen molar-refractivity contribution in [1.29, 1.82) is 0 Å². The summed E-state index contributed by atoms with van der Waals surface area (Å²) in [5.41, 5.74) is 4.07. The van der Waals surface area contributed by atoms with E-state index in [2.05, 4.69) is 29.2 Å². The molecule has 0 radical (unpaired) electrons. The lowest BCUT2D eigenvalue weighted by molar-refractivity contribution is -0.255. The minimum Gasteiger partial charge on any atom is -0.545 e. The van der Waals surface area contributed by atoms with Gasteiger partial charge in [0.25, 0.3) is 0 Å². The largest absolute Gasteiger partial charge is 0.545 e. The first-order valence-corrected chi connectivity index (χ1v) is 8.20. The number of hydrogen-bond donors (Lipinski definition) is 0. The highest BCUT2D eigenvalue weighted by atomic mass is 16.4. The van der Waals surface area contributed by atoms with Gasteiger partial charge in [-0.25, -0.2) is 0 Å². The van der Waals surface area contributed by atoms with Gasteiger partial charge in [0.15, 0.2) is 0 Å². The maximum absolute atomic E-state index is 11.5. The van der Waals surface area contributed by atoms with Crippen LogP contribution >= 0.6 is 0 Å². The van der Waals surface area contributed by atoms with Crippen LogP contribution in [-0.4, -0.2) is 19.1 Å². The van der Waals surface area contributed by atoms with Gasteiger partial charge in [0.05, 0.1) is 5.97 Å². The van der Waals surface area contributed by atoms with Crippen LogP contribution in [-0.2, 0) is 0 Å². The van der Waals surface area contributed by atoms with Crippen molar-refractivity contribution in [2.45, 2.75) is 24.7 Å². The van der Waals surface area contributed by atoms with Gasteiger partial charge in [0.1, 0.15) is 0 Å². The summed E-state index contributed by atoms with van der Waals surface area (Å²) in [5.74, 6) is 0.905. The molecule has 5 rings (SSSR count). The van der Waals surface area contributed by atoms with Crippen molar-refractivity contribution in [3.05, 3.63) is 53.1 Å². The molecule has 1 aromatic rings. The van der Waals surface area contributed by atoms with E-state index < -0.39 is 5.97 Å². The molecular formula is C19H18NO2-. The highest BCUT2D eigenvalue weighted by Gasteiger charge is 2.42. The summed E-state index contributed by atoms with van der Waals surface area (Å²) in [6, 6.07) is 3.74. The van der Waals surface area contributed by atoms with E-state index in [0.29, 0.717) is 29.2 Å². The van der Waals surface area contributed by atoms with Crippen LogP contribution in [0.15, 0.2) is 36.4 Å². The molecule has 112 valence electrons. The third kappa shape index (κ3) is 1.54. The van der Waals surface area contributed by atoms with Crippen LogP contribution in [0, 0.1) is 11.8 Å². The Morgan fingerprint density at radius 3 is 2.05 bits per heavy atom. The summed E-state index contributed by atoms with van der Waals surface area (Å²) in [6.45, 7) is 2.21. The van der Waals surface area contributed by atoms with Gasteiger partial charge in [-0.3, -0.25) is 0 Å². The normalized spacial score (nSPS) is 33.5. The van der Waals surface area contributed by atoms with Crippen LogP contribution in [0.25, 0.3) is 0 Å². The van der Waals surface area contributed by atoms with Crippen LogP contribution in [0.1, 0.15) is 46.2 Å². The summed E-state index contributed by atoms with van der Waals surface area (Å²) in [7, 11) is 0. The number of nitrogens with zero attached hydrogens (tertiary/aromatic N) is 1. The Labute approximate surface area is 129 Å². The quantitative estimate of drug-likeness (QED) is 0.745. The number of carbonyl (C=O) groups is 1. The molecule has 3 heteroatoms. The molecule has 4 aliphatic rings. The fraction of sp³-hybridized carbons (Fsp3) is 0.421. The van der Waals surface area contributed by atoms with E-state index in [4.69, 9.17) is 0 Å². The Kier molecular flexibility index (Phi) is 2.42. The summed E-state index contributed by atoms with van der Waals surface area (Å²) in [6.07, 6.45) is 11.3. The van der Waals surface area contributed by atoms with Crippen molar-refractivity contribution in [2.75, 3.05) is 18.0 Å². The van der Waals surface area contributed by atoms with Gasteiger partial charge in [-0.1, -0.05) is 24.3 Å². The number of hydrogen-bond acceptors (Lipinski definition) is 3. The van der Waals surface area contributed by atoms with E-state index in [1.54, 1.807) is 0 Å². The first-order valence-electron chi connectivity index (χ1n) is 8.20. The standard InChI is InChI=1S/C19H19NO2/c21-19(22)13-7-16-14-5-1-3-11(14)9-20-10-12-4-2-6-15(12)17(8-13)18(16)20/h1-2,5-8,11-12,14-15H,3-4,9-10H2,(H,21,22)/p-1/t11-,12-,14-,15+/m1/s1. The van der Waals surface area contributed by atoms with E-state index in [1.807, 2.05) is 12.1 Å². The number of carboxylic acid groups (broad SMARTS) is 1. The summed E-state index contributed by atoms with van der Waals surface area (Å²) < 4.78 is 0. The molecule has 0 spiro atoms. The molecule has 22 heavy (non-hydrogen) atoms. The lowest BCUT2D eigenvalue weighted by atomic mass is 9.74. The average molecular weight is 292 g/mol. The maximum Gasteiger partial charge on any atom is 0.0715 e. The van der Waals surface area contributed by atoms with Crippen LogP contribution in [0.3, 0.4) is 0 Å². The van der Waals surface area contributed by atoms with Crippen LogP contribution in [0.5, 0.6) is 0 Å². The summed E-state index contributed by atoms with van der Waals surface area (Å²) in [5, 5.41) is 11.5. The molecule has 2 aliphatic carbocycles. The second-order valence-electron chi connectivity index (χ2n) is 7.10. The molecular weight excluding hydrogens is 274 g/mol. The molecule has 4 atom stereocenters. The predicted octanol–water partition coefficient (Wildman–Crippen LogP) is 2.20. The van der Waals surface area contributed by atoms with E-state index >= 15 is 0 Å². The van der Waals surface area contributed by atoms with E-state index in [1.165, 1.54) is 16.8 Å². The minimum atomic E-state index is -1.06. The topological polar surface area (TPSA) is 43.4 Å². The fourth-order valence-electron chi connectivity index (χ4n) is 4.99. The summed E-state index contributed by atoms with van der Waals surface area (Å²) in [4.78, 5) is 14.0. The number of anilines is 1. The van der Waals surface area contributed by atoms with Gasteiger partial charge < -0.3 is 14.8 Å². The number of fused-ring (bicyclic) bond motifs is 4. The maximum atomic E-state index is 11.5. The number of allylic oxidation sites excluding steroid dienone is 4. The van der Waals surface area contributed by atoms with Gasteiger partial charge in [0.2, 0.25) is 0 Å². The second-order valence-corrected chi connectivity index (χ2v) is 7.10.